The van der Waals surface area contributed by atoms with Gasteiger partial charge >= 0.3 is 5.97 Å². The molecular formula is C4H9NO2S. The molecule has 1 atom stereocenters. The Morgan fingerprint density at radius 2 is 2.50 bits per heavy atom. The Hall–Kier alpha value is -0.220. The van der Waals surface area contributed by atoms with Crippen LogP contribution in [-0.2, 0) is 4.79 Å². The van der Waals surface area contributed by atoms with E-state index in [0.29, 0.717) is 0 Å². The minimum atomic E-state index is -0.947. The lowest BCUT2D eigenvalue weighted by Gasteiger charge is -2.00. The molecule has 0 saturated heterocycles. The van der Waals surface area contributed by atoms with Crippen LogP contribution >= 0.6 is 11.8 Å². The third-order valence-corrected chi connectivity index (χ3v) is 1.48. The molecule has 0 heterocycles. The van der Waals surface area contributed by atoms with Gasteiger partial charge in [0.05, 0.1) is 0 Å². The molecule has 0 radical (unpaired) electrons. The van der Waals surface area contributed by atoms with Gasteiger partial charge in [0.2, 0.25) is 0 Å². The minimum Gasteiger partial charge on any atom is -0.479 e. The highest BCUT2D eigenvalue weighted by Crippen LogP contribution is 2.02. The minimum absolute atomic E-state index is 0.744. The van der Waals surface area contributed by atoms with Crippen molar-refractivity contribution >= 4 is 17.7 Å². The topological polar surface area (TPSA) is 63.3 Å². The van der Waals surface area contributed by atoms with Crippen LogP contribution in [0.25, 0.3) is 0 Å². The van der Waals surface area contributed by atoms with Gasteiger partial charge < -0.3 is 10.8 Å². The van der Waals surface area contributed by atoms with Crippen LogP contribution in [0.15, 0.2) is 0 Å². The van der Waals surface area contributed by atoms with Crippen molar-refractivity contribution in [2.45, 2.75) is 12.3 Å². The highest BCUT2D eigenvalue weighted by molar-refractivity contribution is 8.00. The smallest absolute Gasteiger partial charge is 0.330 e. The largest absolute Gasteiger partial charge is 0.479 e. The van der Waals surface area contributed by atoms with E-state index in [1.165, 1.54) is 11.8 Å². The van der Waals surface area contributed by atoms with Crippen molar-refractivity contribution in [3.63, 3.8) is 0 Å². The van der Waals surface area contributed by atoms with Crippen molar-refractivity contribution in [1.29, 1.82) is 0 Å². The molecule has 3 N–H and O–H groups in total. The maximum Gasteiger partial charge on any atom is 0.330 e. The Bertz CT molecular complexity index is 86.1. The van der Waals surface area contributed by atoms with Crippen molar-refractivity contribution in [3.05, 3.63) is 0 Å². The fraction of sp³-hybridized carbons (Fsp3) is 0.750. The highest BCUT2D eigenvalue weighted by Gasteiger charge is 2.08. The number of aliphatic carboxylic acids is 1. The summed E-state index contributed by atoms with van der Waals surface area (Å²) in [6, 6.07) is 0. The SMILES string of the molecule is CCS[C@H](N)C(=O)O. The highest BCUT2D eigenvalue weighted by atomic mass is 32.2. The van der Waals surface area contributed by atoms with Gasteiger partial charge in [0.15, 0.2) is 0 Å². The van der Waals surface area contributed by atoms with Crippen LogP contribution in [0, 0.1) is 0 Å². The zero-order chi connectivity index (χ0) is 6.57. The maximum absolute atomic E-state index is 9.94. The molecular weight excluding hydrogens is 126 g/mol. The van der Waals surface area contributed by atoms with Crippen molar-refractivity contribution in [1.82, 2.24) is 0 Å². The summed E-state index contributed by atoms with van der Waals surface area (Å²) in [7, 11) is 0. The second kappa shape index (κ2) is 3.74. The average Bonchev–Trinajstić information content (AvgIpc) is 1.67. The monoisotopic (exact) mass is 135 g/mol. The molecule has 0 spiro atoms. The summed E-state index contributed by atoms with van der Waals surface area (Å²) >= 11 is 1.22. The molecule has 0 fully saturated rings. The van der Waals surface area contributed by atoms with E-state index in [1.807, 2.05) is 6.92 Å². The van der Waals surface area contributed by atoms with E-state index in [0.717, 1.165) is 5.75 Å². The third kappa shape index (κ3) is 2.87. The van der Waals surface area contributed by atoms with Crippen molar-refractivity contribution in [3.8, 4) is 0 Å². The van der Waals surface area contributed by atoms with Crippen molar-refractivity contribution in [2.24, 2.45) is 5.73 Å². The summed E-state index contributed by atoms with van der Waals surface area (Å²) in [5, 5.41) is 7.42. The first kappa shape index (κ1) is 7.78. The Morgan fingerprint density at radius 3 is 2.62 bits per heavy atom. The van der Waals surface area contributed by atoms with Crippen LogP contribution in [0.4, 0.5) is 0 Å². The Labute approximate surface area is 52.3 Å². The normalized spacial score (nSPS) is 13.2. The molecule has 48 valence electrons. The third-order valence-electron chi connectivity index (χ3n) is 0.590. The first-order valence-electron chi connectivity index (χ1n) is 2.28. The lowest BCUT2D eigenvalue weighted by atomic mass is 10.7. The molecule has 0 aliphatic rings. The Balaban J connectivity index is 3.32. The fourth-order valence-corrected chi connectivity index (χ4v) is 0.753. The zero-order valence-electron chi connectivity index (χ0n) is 4.63. The molecule has 0 rings (SSSR count). The van der Waals surface area contributed by atoms with Crippen LogP contribution in [0.3, 0.4) is 0 Å². The lowest BCUT2D eigenvalue weighted by molar-refractivity contribution is -0.136. The van der Waals surface area contributed by atoms with Gasteiger partial charge in [-0.25, -0.2) is 4.79 Å². The van der Waals surface area contributed by atoms with E-state index in [9.17, 15) is 4.79 Å². The van der Waals surface area contributed by atoms with Crippen LogP contribution in [0.5, 0.6) is 0 Å². The molecule has 3 nitrogen and oxygen atoms in total. The molecule has 0 aliphatic carbocycles. The van der Waals surface area contributed by atoms with Crippen LogP contribution in [0.2, 0.25) is 0 Å². The molecule has 0 bridgehead atoms. The summed E-state index contributed by atoms with van der Waals surface area (Å²) in [6.45, 7) is 1.87. The van der Waals surface area contributed by atoms with E-state index in [-0.39, 0.29) is 0 Å². The number of carboxylic acid groups (broad SMARTS) is 1. The second-order valence-corrected chi connectivity index (χ2v) is 2.63. The molecule has 8 heavy (non-hydrogen) atoms. The van der Waals surface area contributed by atoms with Crippen molar-refractivity contribution in [2.75, 3.05) is 5.75 Å². The average molecular weight is 135 g/mol. The molecule has 0 unspecified atom stereocenters. The number of nitrogens with two attached hydrogens (primary N) is 1. The maximum atomic E-state index is 9.94. The first-order valence-corrected chi connectivity index (χ1v) is 3.33. The van der Waals surface area contributed by atoms with E-state index in [2.05, 4.69) is 0 Å². The van der Waals surface area contributed by atoms with Crippen LogP contribution in [-0.4, -0.2) is 22.2 Å². The molecule has 0 aliphatic heterocycles. The molecule has 0 aromatic rings. The van der Waals surface area contributed by atoms with Gasteiger partial charge in [-0.3, -0.25) is 0 Å². The predicted molar refractivity (Wildman–Crippen MR) is 33.7 cm³/mol. The van der Waals surface area contributed by atoms with E-state index < -0.39 is 11.3 Å². The number of thioether (sulfide) groups is 1. The number of rotatable bonds is 3. The summed E-state index contributed by atoms with van der Waals surface area (Å²) in [6.07, 6.45) is 0. The Kier molecular flexibility index (Phi) is 3.64. The Morgan fingerprint density at radius 1 is 2.00 bits per heavy atom. The van der Waals surface area contributed by atoms with Gasteiger partial charge in [-0.1, -0.05) is 6.92 Å². The summed E-state index contributed by atoms with van der Waals surface area (Å²) < 4.78 is 0. The molecule has 0 amide bonds. The standard InChI is InChI=1S/C4H9NO2S/c1-2-8-3(5)4(6)7/h3H,2,5H2,1H3,(H,6,7)/t3-/m0/s1. The van der Waals surface area contributed by atoms with Gasteiger partial charge in [-0.05, 0) is 5.75 Å². The van der Waals surface area contributed by atoms with Gasteiger partial charge in [0, 0.05) is 0 Å². The van der Waals surface area contributed by atoms with Crippen LogP contribution < -0.4 is 5.73 Å². The number of hydrogen-bond donors (Lipinski definition) is 2. The second-order valence-electron chi connectivity index (χ2n) is 1.21. The molecule has 4 heteroatoms. The number of carboxylic acids is 1. The van der Waals surface area contributed by atoms with Gasteiger partial charge in [-0.2, -0.15) is 0 Å². The number of hydrogen-bond acceptors (Lipinski definition) is 3. The molecule has 0 aromatic heterocycles. The summed E-state index contributed by atoms with van der Waals surface area (Å²) in [5.41, 5.74) is 5.09. The lowest BCUT2D eigenvalue weighted by Crippen LogP contribution is -2.26. The van der Waals surface area contributed by atoms with Crippen molar-refractivity contribution < 1.29 is 9.90 Å². The predicted octanol–water partition coefficient (Wildman–Crippen LogP) is 0.109. The summed E-state index contributed by atoms with van der Waals surface area (Å²) in [4.78, 5) is 9.94. The zero-order valence-corrected chi connectivity index (χ0v) is 5.44. The van der Waals surface area contributed by atoms with E-state index in [1.54, 1.807) is 0 Å². The first-order chi connectivity index (χ1) is 3.68. The number of carbonyl (C=O) groups is 1. The fourth-order valence-electron chi connectivity index (χ4n) is 0.251. The quantitative estimate of drug-likeness (QED) is 0.539. The summed E-state index contributed by atoms with van der Waals surface area (Å²) in [5.74, 6) is -0.204. The molecule has 0 saturated carbocycles. The van der Waals surface area contributed by atoms with Gasteiger partial charge in [0.25, 0.3) is 0 Å². The van der Waals surface area contributed by atoms with Crippen LogP contribution in [0.1, 0.15) is 6.92 Å². The van der Waals surface area contributed by atoms with Gasteiger partial charge in [0.1, 0.15) is 5.37 Å². The van der Waals surface area contributed by atoms with Gasteiger partial charge in [-0.15, -0.1) is 11.8 Å². The van der Waals surface area contributed by atoms with E-state index >= 15 is 0 Å². The van der Waals surface area contributed by atoms with E-state index in [4.69, 9.17) is 10.8 Å². The molecule has 0 aromatic carbocycles.